The van der Waals surface area contributed by atoms with Crippen LogP contribution in [0.25, 0.3) is 17.2 Å². The van der Waals surface area contributed by atoms with Crippen LogP contribution in [0.15, 0.2) is 26.8 Å². The van der Waals surface area contributed by atoms with Crippen LogP contribution in [-0.2, 0) is 16.1 Å². The predicted molar refractivity (Wildman–Crippen MR) is 113 cm³/mol. The van der Waals surface area contributed by atoms with Crippen LogP contribution in [-0.4, -0.2) is 38.6 Å². The number of imide groups is 1. The molecule has 3 aromatic rings. The van der Waals surface area contributed by atoms with Gasteiger partial charge in [0.1, 0.15) is 17.1 Å². The van der Waals surface area contributed by atoms with Crippen molar-refractivity contribution in [2.75, 3.05) is 12.3 Å². The summed E-state index contributed by atoms with van der Waals surface area (Å²) in [5, 5.41) is 1.71. The number of amides is 2. The molecular weight excluding hydrogens is 428 g/mol. The van der Waals surface area contributed by atoms with E-state index in [9.17, 15) is 14.4 Å². The van der Waals surface area contributed by atoms with E-state index in [2.05, 4.69) is 9.97 Å². The van der Waals surface area contributed by atoms with Crippen molar-refractivity contribution >= 4 is 63.2 Å². The van der Waals surface area contributed by atoms with Gasteiger partial charge in [0.05, 0.1) is 23.4 Å². The Kier molecular flexibility index (Phi) is 5.31. The van der Waals surface area contributed by atoms with Crippen LogP contribution in [0, 0.1) is 6.92 Å². The first-order valence-electron chi connectivity index (χ1n) is 8.90. The molecule has 0 radical (unpaired) electrons. The number of rotatable bonds is 5. The summed E-state index contributed by atoms with van der Waals surface area (Å²) in [7, 11) is 0. The summed E-state index contributed by atoms with van der Waals surface area (Å²) in [5.74, 6) is -0.573. The first-order chi connectivity index (χ1) is 14.4. The molecular formula is C19H16N4O5S2. The summed E-state index contributed by atoms with van der Waals surface area (Å²) in [6.07, 6.45) is 1.68. The minimum Gasteiger partial charge on any atom is -0.462 e. The minimum atomic E-state index is -0.582. The van der Waals surface area contributed by atoms with Crippen LogP contribution in [0.5, 0.6) is 0 Å². The van der Waals surface area contributed by atoms with Crippen molar-refractivity contribution in [3.63, 3.8) is 0 Å². The first-order valence-corrected chi connectivity index (χ1v) is 10.6. The fourth-order valence-electron chi connectivity index (χ4n) is 2.98. The minimum absolute atomic E-state index is 0.0102. The van der Waals surface area contributed by atoms with Crippen molar-refractivity contribution in [3.05, 3.63) is 44.4 Å². The number of aromatic nitrogens is 2. The number of nitrogen functional groups attached to an aromatic ring is 1. The number of carbonyl (C=O) groups is 3. The number of furan rings is 1. The largest absolute Gasteiger partial charge is 0.462 e. The number of anilines is 1. The third kappa shape index (κ3) is 3.57. The molecule has 4 rings (SSSR count). The zero-order chi connectivity index (χ0) is 21.4. The van der Waals surface area contributed by atoms with Gasteiger partial charge in [0.25, 0.3) is 11.1 Å². The first kappa shape index (κ1) is 20.1. The van der Waals surface area contributed by atoms with Gasteiger partial charge in [-0.15, -0.1) is 11.3 Å². The second-order valence-corrected chi connectivity index (χ2v) is 8.21. The zero-order valence-electron chi connectivity index (χ0n) is 16.0. The Morgan fingerprint density at radius 3 is 2.87 bits per heavy atom. The van der Waals surface area contributed by atoms with E-state index in [0.717, 1.165) is 21.5 Å². The molecule has 9 nitrogen and oxygen atoms in total. The molecule has 1 aliphatic rings. The van der Waals surface area contributed by atoms with Crippen LogP contribution in [0.1, 0.15) is 33.7 Å². The monoisotopic (exact) mass is 444 g/mol. The number of hydrogen-bond acceptors (Lipinski definition) is 10. The number of nitrogens with zero attached hydrogens (tertiary/aromatic N) is 3. The fraction of sp³-hybridized carbons (Fsp3) is 0.211. The molecule has 0 aromatic carbocycles. The lowest BCUT2D eigenvalue weighted by Crippen LogP contribution is -2.28. The number of fused-ring (bicyclic) bond motifs is 1. The number of hydrogen-bond donors (Lipinski definition) is 1. The normalized spacial score (nSPS) is 15.5. The lowest BCUT2D eigenvalue weighted by Gasteiger charge is -2.11. The van der Waals surface area contributed by atoms with E-state index >= 15 is 0 Å². The van der Waals surface area contributed by atoms with E-state index in [1.807, 2.05) is 17.5 Å². The molecule has 3 aromatic heterocycles. The molecule has 154 valence electrons. The Bertz CT molecular complexity index is 1200. The standard InChI is InChI=1S/C19H16N4O5S2/c1-3-27-18(25)13-9(2)28-16-14(13)15(20)21-12(22-16)8-23-17(24)11(30-19(23)26)7-10-5-4-6-29-10/h4-7H,3,8H2,1-2H3,(H2,20,21,22)/b11-7-. The van der Waals surface area contributed by atoms with Crippen molar-refractivity contribution in [3.8, 4) is 0 Å². The van der Waals surface area contributed by atoms with Crippen molar-refractivity contribution in [1.29, 1.82) is 0 Å². The van der Waals surface area contributed by atoms with Gasteiger partial charge in [-0.3, -0.25) is 14.5 Å². The van der Waals surface area contributed by atoms with Gasteiger partial charge in [-0.2, -0.15) is 4.98 Å². The number of thioether (sulfide) groups is 1. The van der Waals surface area contributed by atoms with Gasteiger partial charge in [-0.05, 0) is 43.1 Å². The Hall–Kier alpha value is -3.18. The van der Waals surface area contributed by atoms with Crippen molar-refractivity contribution in [2.24, 2.45) is 0 Å². The van der Waals surface area contributed by atoms with Gasteiger partial charge in [0.15, 0.2) is 5.82 Å². The van der Waals surface area contributed by atoms with Crippen molar-refractivity contribution < 1.29 is 23.5 Å². The lowest BCUT2D eigenvalue weighted by atomic mass is 10.2. The number of esters is 1. The van der Waals surface area contributed by atoms with E-state index in [-0.39, 0.29) is 41.5 Å². The number of thiophene rings is 1. The van der Waals surface area contributed by atoms with Crippen LogP contribution in [0.2, 0.25) is 0 Å². The average Bonchev–Trinajstić information content (AvgIpc) is 3.37. The third-order valence-electron chi connectivity index (χ3n) is 4.27. The molecule has 30 heavy (non-hydrogen) atoms. The van der Waals surface area contributed by atoms with E-state index in [4.69, 9.17) is 14.9 Å². The molecule has 1 aliphatic heterocycles. The van der Waals surface area contributed by atoms with Crippen LogP contribution in [0.3, 0.4) is 0 Å². The Morgan fingerprint density at radius 2 is 2.17 bits per heavy atom. The van der Waals surface area contributed by atoms with E-state index in [0.29, 0.717) is 10.7 Å². The molecule has 0 aliphatic carbocycles. The Labute approximate surface area is 178 Å². The molecule has 0 bridgehead atoms. The number of nitrogens with two attached hydrogens (primary N) is 1. The summed E-state index contributed by atoms with van der Waals surface area (Å²) in [6.45, 7) is 3.32. The molecule has 11 heteroatoms. The highest BCUT2D eigenvalue weighted by Crippen LogP contribution is 2.34. The number of ether oxygens (including phenoxy) is 1. The zero-order valence-corrected chi connectivity index (χ0v) is 17.6. The summed E-state index contributed by atoms with van der Waals surface area (Å²) >= 11 is 2.32. The van der Waals surface area contributed by atoms with Gasteiger partial charge in [0.2, 0.25) is 5.71 Å². The topological polar surface area (TPSA) is 129 Å². The summed E-state index contributed by atoms with van der Waals surface area (Å²) in [6, 6.07) is 3.72. The third-order valence-corrected chi connectivity index (χ3v) is 6.00. The molecule has 0 spiro atoms. The maximum Gasteiger partial charge on any atom is 0.342 e. The van der Waals surface area contributed by atoms with Gasteiger partial charge < -0.3 is 14.9 Å². The summed E-state index contributed by atoms with van der Waals surface area (Å²) in [5.41, 5.74) is 6.31. The van der Waals surface area contributed by atoms with E-state index in [1.54, 1.807) is 19.9 Å². The van der Waals surface area contributed by atoms with E-state index < -0.39 is 17.1 Å². The van der Waals surface area contributed by atoms with Crippen molar-refractivity contribution in [1.82, 2.24) is 14.9 Å². The maximum atomic E-state index is 12.7. The van der Waals surface area contributed by atoms with Crippen LogP contribution < -0.4 is 5.73 Å². The van der Waals surface area contributed by atoms with Gasteiger partial charge in [-0.25, -0.2) is 9.78 Å². The molecule has 0 unspecified atom stereocenters. The molecule has 0 saturated carbocycles. The van der Waals surface area contributed by atoms with Gasteiger partial charge >= 0.3 is 5.97 Å². The van der Waals surface area contributed by atoms with Crippen molar-refractivity contribution in [2.45, 2.75) is 20.4 Å². The SMILES string of the molecule is CCOC(=O)c1c(C)oc2nc(CN3C(=O)S/C(=C\c4cccs4)C3=O)nc(N)c12. The highest BCUT2D eigenvalue weighted by atomic mass is 32.2. The molecule has 4 heterocycles. The average molecular weight is 444 g/mol. The quantitative estimate of drug-likeness (QED) is 0.463. The molecule has 1 fully saturated rings. The highest BCUT2D eigenvalue weighted by molar-refractivity contribution is 8.18. The van der Waals surface area contributed by atoms with Gasteiger partial charge in [0, 0.05) is 4.88 Å². The molecule has 2 N–H and O–H groups in total. The van der Waals surface area contributed by atoms with Crippen LogP contribution in [0.4, 0.5) is 10.6 Å². The van der Waals surface area contributed by atoms with E-state index in [1.165, 1.54) is 11.3 Å². The number of aryl methyl sites for hydroxylation is 1. The second kappa shape index (κ2) is 7.92. The second-order valence-electron chi connectivity index (χ2n) is 6.24. The lowest BCUT2D eigenvalue weighted by molar-refractivity contribution is -0.123. The predicted octanol–water partition coefficient (Wildman–Crippen LogP) is 3.59. The molecule has 0 atom stereocenters. The molecule has 2 amide bonds. The fourth-order valence-corrected chi connectivity index (χ4v) is 4.54. The van der Waals surface area contributed by atoms with Crippen LogP contribution >= 0.6 is 23.1 Å². The summed E-state index contributed by atoms with van der Waals surface area (Å²) < 4.78 is 10.6. The number of carbonyl (C=O) groups excluding carboxylic acids is 3. The highest BCUT2D eigenvalue weighted by Gasteiger charge is 2.36. The molecule has 1 saturated heterocycles. The maximum absolute atomic E-state index is 12.7. The summed E-state index contributed by atoms with van der Waals surface area (Å²) in [4.78, 5) is 47.9. The smallest absolute Gasteiger partial charge is 0.342 e. The Morgan fingerprint density at radius 1 is 1.37 bits per heavy atom. The van der Waals surface area contributed by atoms with Gasteiger partial charge in [-0.1, -0.05) is 6.07 Å². The Balaban J connectivity index is 1.64.